The smallest absolute Gasteiger partial charge is 0.416 e. The maximum atomic E-state index is 13.9. The Kier molecular flexibility index (Phi) is 11.8. The van der Waals surface area contributed by atoms with Gasteiger partial charge in [0.05, 0.1) is 71.9 Å². The summed E-state index contributed by atoms with van der Waals surface area (Å²) in [5.74, 6) is -0.992. The molecule has 2 N–H and O–H groups in total. The number of nitrogens with zero attached hydrogens (tertiary/aromatic N) is 5. The van der Waals surface area contributed by atoms with E-state index >= 15 is 0 Å². The number of carboxylic acids is 1. The molecule has 0 aliphatic carbocycles. The number of aromatic nitrogens is 2. The van der Waals surface area contributed by atoms with Crippen LogP contribution in [0.15, 0.2) is 42.6 Å². The molecule has 3 aromatic rings. The number of nitriles is 1. The molecule has 1 aromatic heterocycles. The van der Waals surface area contributed by atoms with E-state index in [-0.39, 0.29) is 67.0 Å². The summed E-state index contributed by atoms with van der Waals surface area (Å²) in [5, 5.41) is 21.4. The van der Waals surface area contributed by atoms with Crippen molar-refractivity contribution < 1.29 is 50.5 Å². The zero-order chi connectivity index (χ0) is 37.6. The van der Waals surface area contributed by atoms with Gasteiger partial charge in [-0.3, -0.25) is 9.69 Å². The second-order valence-electron chi connectivity index (χ2n) is 12.4. The Morgan fingerprint density at radius 1 is 1.04 bits per heavy atom. The summed E-state index contributed by atoms with van der Waals surface area (Å²) in [5.41, 5.74) is -0.796. The number of carbonyl (C=O) groups excluding carboxylic acids is 1. The molecule has 0 spiro atoms. The third-order valence-corrected chi connectivity index (χ3v) is 8.86. The van der Waals surface area contributed by atoms with Crippen LogP contribution in [0.25, 0.3) is 0 Å². The van der Waals surface area contributed by atoms with Crippen molar-refractivity contribution in [3.05, 3.63) is 76.1 Å². The van der Waals surface area contributed by atoms with Crippen molar-refractivity contribution in [2.75, 3.05) is 48.0 Å². The highest BCUT2D eigenvalue weighted by Gasteiger charge is 2.39. The fraction of sp³-hybridized carbons (Fsp3) is 0.457. The summed E-state index contributed by atoms with van der Waals surface area (Å²) in [6, 6.07) is 6.47. The number of fused-ring (bicyclic) bond motifs is 1. The second kappa shape index (κ2) is 16.1. The van der Waals surface area contributed by atoms with Crippen LogP contribution in [-0.2, 0) is 33.0 Å². The van der Waals surface area contributed by atoms with Crippen molar-refractivity contribution in [1.29, 1.82) is 5.26 Å². The molecule has 0 saturated carbocycles. The van der Waals surface area contributed by atoms with E-state index in [0.29, 0.717) is 44.1 Å². The lowest BCUT2D eigenvalue weighted by Gasteiger charge is -2.40. The number of anilines is 3. The number of morpholine rings is 1. The number of carbonyl (C=O) groups is 2. The summed E-state index contributed by atoms with van der Waals surface area (Å²) >= 11 is 0. The fourth-order valence-corrected chi connectivity index (χ4v) is 6.32. The van der Waals surface area contributed by atoms with Gasteiger partial charge in [0.25, 0.3) is 0 Å². The Morgan fingerprint density at radius 2 is 1.77 bits per heavy atom. The quantitative estimate of drug-likeness (QED) is 0.152. The van der Waals surface area contributed by atoms with Crippen LogP contribution < -0.4 is 15.1 Å². The van der Waals surface area contributed by atoms with Crippen molar-refractivity contribution in [2.24, 2.45) is 0 Å². The number of rotatable bonds is 11. The number of ether oxygens (including phenoxy) is 2. The standard InChI is InChI=1S/C35H36F6N6O5/c1-2-25-18-27(26-17-23(34(36,37)38)6-7-29(26)47(25)33(50)52-10-4-3-5-31(48)49)44-32-43-20-30(46-8-11-51-12-9-46)28(45-32)16-21-13-22(19-42)15-24(14-21)35(39,40)41/h6-7,13-15,17,20,25,27H,2-5,8-12,16,18H2,1H3,(H,48,49)(H,43,44,45)/t25-,27+/m1/s1. The molecule has 278 valence electrons. The summed E-state index contributed by atoms with van der Waals surface area (Å²) in [4.78, 5) is 36.5. The number of amides is 1. The zero-order valence-electron chi connectivity index (χ0n) is 28.1. The Labute approximate surface area is 295 Å². The topological polar surface area (TPSA) is 141 Å². The Balaban J connectivity index is 1.50. The van der Waals surface area contributed by atoms with Gasteiger partial charge < -0.3 is 24.8 Å². The number of unbranched alkanes of at least 4 members (excludes halogenated alkanes) is 1. The van der Waals surface area contributed by atoms with Gasteiger partial charge in [0.2, 0.25) is 5.95 Å². The first kappa shape index (κ1) is 38.1. The first-order valence-corrected chi connectivity index (χ1v) is 16.6. The number of carboxylic acid groups (broad SMARTS) is 1. The summed E-state index contributed by atoms with van der Waals surface area (Å²) < 4.78 is 93.8. The van der Waals surface area contributed by atoms with Crippen molar-refractivity contribution >= 4 is 29.4 Å². The lowest BCUT2D eigenvalue weighted by atomic mass is 9.89. The normalized spacial score (nSPS) is 17.7. The van der Waals surface area contributed by atoms with Crippen molar-refractivity contribution in [2.45, 2.75) is 69.9 Å². The molecule has 2 aliphatic heterocycles. The highest BCUT2D eigenvalue weighted by molar-refractivity contribution is 5.90. The van der Waals surface area contributed by atoms with Gasteiger partial charge in [0.1, 0.15) is 0 Å². The number of hydrogen-bond donors (Lipinski definition) is 2. The molecular weight excluding hydrogens is 698 g/mol. The minimum absolute atomic E-state index is 0.00263. The van der Waals surface area contributed by atoms with Crippen LogP contribution in [0.2, 0.25) is 0 Å². The molecule has 11 nitrogen and oxygen atoms in total. The van der Waals surface area contributed by atoms with Crippen LogP contribution in [0.3, 0.4) is 0 Å². The molecule has 2 aliphatic rings. The molecule has 1 saturated heterocycles. The monoisotopic (exact) mass is 734 g/mol. The van der Waals surface area contributed by atoms with Gasteiger partial charge in [-0.2, -0.15) is 31.6 Å². The molecule has 0 radical (unpaired) electrons. The average Bonchev–Trinajstić information content (AvgIpc) is 3.10. The van der Waals surface area contributed by atoms with Crippen LogP contribution in [0.5, 0.6) is 0 Å². The first-order valence-electron chi connectivity index (χ1n) is 16.6. The molecular formula is C35H36F6N6O5. The third kappa shape index (κ3) is 9.21. The van der Waals surface area contributed by atoms with Crippen LogP contribution in [-0.4, -0.2) is 66.1 Å². The van der Waals surface area contributed by atoms with Gasteiger partial charge in [-0.15, -0.1) is 0 Å². The molecule has 0 bridgehead atoms. The molecule has 0 unspecified atom stereocenters. The van der Waals surface area contributed by atoms with E-state index in [1.165, 1.54) is 23.2 Å². The molecule has 1 amide bonds. The van der Waals surface area contributed by atoms with Crippen LogP contribution in [0.4, 0.5) is 48.5 Å². The number of aliphatic carboxylic acids is 1. The third-order valence-electron chi connectivity index (χ3n) is 8.86. The molecule has 1 fully saturated rings. The molecule has 17 heteroatoms. The second-order valence-corrected chi connectivity index (χ2v) is 12.4. The van der Waals surface area contributed by atoms with Gasteiger partial charge in [-0.25, -0.2) is 14.8 Å². The van der Waals surface area contributed by atoms with Crippen molar-refractivity contribution in [1.82, 2.24) is 9.97 Å². The molecule has 3 heterocycles. The largest absolute Gasteiger partial charge is 0.481 e. The number of hydrogen-bond acceptors (Lipinski definition) is 9. The van der Waals surface area contributed by atoms with Crippen molar-refractivity contribution in [3.63, 3.8) is 0 Å². The van der Waals surface area contributed by atoms with E-state index in [0.717, 1.165) is 24.3 Å². The van der Waals surface area contributed by atoms with E-state index in [1.54, 1.807) is 13.0 Å². The zero-order valence-corrected chi connectivity index (χ0v) is 28.1. The van der Waals surface area contributed by atoms with Gasteiger partial charge in [-0.05, 0) is 73.2 Å². The molecule has 5 rings (SSSR count). The maximum Gasteiger partial charge on any atom is 0.416 e. The highest BCUT2D eigenvalue weighted by atomic mass is 19.4. The van der Waals surface area contributed by atoms with Gasteiger partial charge in [0.15, 0.2) is 0 Å². The molecule has 2 aromatic carbocycles. The lowest BCUT2D eigenvalue weighted by Crippen LogP contribution is -2.46. The molecule has 52 heavy (non-hydrogen) atoms. The average molecular weight is 735 g/mol. The van der Waals surface area contributed by atoms with Crippen LogP contribution in [0, 0.1) is 11.3 Å². The predicted octanol–water partition coefficient (Wildman–Crippen LogP) is 7.35. The van der Waals surface area contributed by atoms with Gasteiger partial charge >= 0.3 is 24.4 Å². The summed E-state index contributed by atoms with van der Waals surface area (Å²) in [6.45, 7) is 3.41. The van der Waals surface area contributed by atoms with E-state index in [2.05, 4.69) is 15.3 Å². The first-order chi connectivity index (χ1) is 24.7. The Morgan fingerprint density at radius 3 is 2.42 bits per heavy atom. The maximum absolute atomic E-state index is 13.9. The van der Waals surface area contributed by atoms with Crippen molar-refractivity contribution in [3.8, 4) is 6.07 Å². The van der Waals surface area contributed by atoms with E-state index < -0.39 is 47.6 Å². The molecule has 2 atom stereocenters. The number of halogens is 6. The van der Waals surface area contributed by atoms with E-state index in [4.69, 9.17) is 14.6 Å². The van der Waals surface area contributed by atoms with Gasteiger partial charge in [-0.1, -0.05) is 6.92 Å². The highest BCUT2D eigenvalue weighted by Crippen LogP contribution is 2.43. The fourth-order valence-electron chi connectivity index (χ4n) is 6.32. The Hall–Kier alpha value is -5.11. The van der Waals surface area contributed by atoms with E-state index in [9.17, 15) is 41.2 Å². The minimum Gasteiger partial charge on any atom is -0.481 e. The predicted molar refractivity (Wildman–Crippen MR) is 176 cm³/mol. The number of nitrogens with one attached hydrogen (secondary N) is 1. The van der Waals surface area contributed by atoms with E-state index in [1.807, 2.05) is 4.90 Å². The SMILES string of the molecule is CC[C@@H]1C[C@H](Nc2ncc(N3CCOCC3)c(Cc3cc(C#N)cc(C(F)(F)F)c3)n2)c2cc(C(F)(F)F)ccc2N1C(=O)OCCCCC(=O)O. The number of alkyl halides is 6. The van der Waals surface area contributed by atoms with Gasteiger partial charge in [0, 0.05) is 32.0 Å². The Bertz CT molecular complexity index is 1810. The summed E-state index contributed by atoms with van der Waals surface area (Å²) in [7, 11) is 0. The van der Waals surface area contributed by atoms with Crippen LogP contribution >= 0.6 is 0 Å². The van der Waals surface area contributed by atoms with Crippen LogP contribution in [0.1, 0.15) is 78.6 Å². The number of benzene rings is 2. The lowest BCUT2D eigenvalue weighted by molar-refractivity contribution is -0.138. The summed E-state index contributed by atoms with van der Waals surface area (Å²) in [6.07, 6.45) is -7.83. The minimum atomic E-state index is -4.70.